The Morgan fingerprint density at radius 3 is 2.30 bits per heavy atom. The number of nitrogens with zero attached hydrogens (tertiary/aromatic N) is 3. The van der Waals surface area contributed by atoms with Gasteiger partial charge in [-0.05, 0) is 72.6 Å². The first-order valence-electron chi connectivity index (χ1n) is 12.9. The number of imide groups is 1. The summed E-state index contributed by atoms with van der Waals surface area (Å²) in [6.45, 7) is 2.60. The molecule has 0 bridgehead atoms. The normalized spacial score (nSPS) is 20.2. The number of nitro benzene ring substituents is 1. The highest BCUT2D eigenvalue weighted by Gasteiger charge is 2.60. The quantitative estimate of drug-likeness (QED) is 0.146. The number of non-ortho nitro benzene ring substituents is 1. The smallest absolute Gasteiger partial charge is 0.269 e. The van der Waals surface area contributed by atoms with Gasteiger partial charge >= 0.3 is 0 Å². The largest absolute Gasteiger partial charge is 0.494 e. The molecule has 202 valence electrons. The summed E-state index contributed by atoms with van der Waals surface area (Å²) in [5, 5.41) is 12.7. The molecule has 0 spiro atoms. The van der Waals surface area contributed by atoms with Crippen LogP contribution in [0.3, 0.4) is 0 Å². The number of para-hydroxylation sites is 1. The lowest BCUT2D eigenvalue weighted by Crippen LogP contribution is -2.37. The van der Waals surface area contributed by atoms with E-state index in [1.165, 1.54) is 28.4 Å². The molecule has 0 radical (unpaired) electrons. The van der Waals surface area contributed by atoms with E-state index in [9.17, 15) is 19.7 Å². The molecular weight excluding hydrogens is 530 g/mol. The van der Waals surface area contributed by atoms with Gasteiger partial charge in [-0.2, -0.15) is 0 Å². The summed E-state index contributed by atoms with van der Waals surface area (Å²) in [7, 11) is 0. The minimum atomic E-state index is -0.973. The molecule has 4 aromatic rings. The van der Waals surface area contributed by atoms with E-state index in [0.717, 1.165) is 27.4 Å². The van der Waals surface area contributed by atoms with Crippen LogP contribution in [-0.2, 0) is 14.4 Å². The molecule has 40 heavy (non-hydrogen) atoms. The number of nitro groups is 1. The van der Waals surface area contributed by atoms with Crippen molar-refractivity contribution >= 4 is 40.2 Å². The number of fused-ring (bicyclic) bond motifs is 1. The molecular formula is C30H25N3O6S. The molecule has 9 nitrogen and oxygen atoms in total. The van der Waals surface area contributed by atoms with Crippen molar-refractivity contribution in [1.29, 1.82) is 0 Å². The Kier molecular flexibility index (Phi) is 6.79. The molecule has 2 amide bonds. The van der Waals surface area contributed by atoms with E-state index < -0.39 is 28.9 Å². The fourth-order valence-electron chi connectivity index (χ4n) is 5.08. The minimum absolute atomic E-state index is 0.0166. The molecule has 2 saturated heterocycles. The van der Waals surface area contributed by atoms with Gasteiger partial charge in [-0.25, -0.2) is 9.96 Å². The van der Waals surface area contributed by atoms with Crippen LogP contribution in [0.1, 0.15) is 24.3 Å². The highest BCUT2D eigenvalue weighted by Crippen LogP contribution is 2.50. The van der Waals surface area contributed by atoms with Crippen LogP contribution >= 0.6 is 11.3 Å². The molecule has 2 aliphatic heterocycles. The zero-order chi connectivity index (χ0) is 27.8. The number of anilines is 2. The fraction of sp³-hybridized carbons (Fsp3) is 0.200. The van der Waals surface area contributed by atoms with Crippen LogP contribution in [-0.4, -0.2) is 29.4 Å². The molecule has 6 rings (SSSR count). The number of hydroxylamine groups is 1. The van der Waals surface area contributed by atoms with E-state index in [0.29, 0.717) is 18.0 Å². The number of carbonyl (C=O) groups excluding carboxylic acids is 2. The number of carbonyl (C=O) groups is 2. The van der Waals surface area contributed by atoms with Gasteiger partial charge in [-0.3, -0.25) is 24.5 Å². The maximum Gasteiger partial charge on any atom is 0.269 e. The van der Waals surface area contributed by atoms with Gasteiger partial charge in [0.1, 0.15) is 17.7 Å². The van der Waals surface area contributed by atoms with Crippen molar-refractivity contribution in [1.82, 2.24) is 0 Å². The summed E-state index contributed by atoms with van der Waals surface area (Å²) < 4.78 is 5.64. The third-order valence-corrected chi connectivity index (χ3v) is 8.18. The predicted molar refractivity (Wildman–Crippen MR) is 151 cm³/mol. The van der Waals surface area contributed by atoms with Crippen molar-refractivity contribution < 1.29 is 24.1 Å². The molecule has 10 heteroatoms. The second-order valence-electron chi connectivity index (χ2n) is 9.52. The molecule has 2 fully saturated rings. The van der Waals surface area contributed by atoms with Crippen LogP contribution in [0, 0.1) is 16.0 Å². The average Bonchev–Trinajstić information content (AvgIpc) is 3.68. The maximum absolute atomic E-state index is 13.9. The lowest BCUT2D eigenvalue weighted by molar-refractivity contribution is -0.384. The molecule has 0 aliphatic carbocycles. The Morgan fingerprint density at radius 2 is 1.62 bits per heavy atom. The second-order valence-corrected chi connectivity index (χ2v) is 10.6. The maximum atomic E-state index is 13.9. The number of ether oxygens (including phenoxy) is 1. The zero-order valence-electron chi connectivity index (χ0n) is 21.5. The predicted octanol–water partition coefficient (Wildman–Crippen LogP) is 6.16. The number of amides is 2. The molecule has 2 aliphatic rings. The third kappa shape index (κ3) is 4.51. The van der Waals surface area contributed by atoms with Crippen LogP contribution in [0.2, 0.25) is 0 Å². The minimum Gasteiger partial charge on any atom is -0.494 e. The van der Waals surface area contributed by atoms with Crippen molar-refractivity contribution in [3.63, 3.8) is 0 Å². The monoisotopic (exact) mass is 555 g/mol. The number of thiophene rings is 1. The SMILES string of the molecule is CCCOc1ccc(N2C(=O)[C@H]3[C@H](ON(c4ccccc4)[C@@H]3c3ccc(-c4ccc([N+](=O)[O-])cc4)s3)C2=O)cc1. The molecule has 0 unspecified atom stereocenters. The lowest BCUT2D eigenvalue weighted by atomic mass is 9.95. The van der Waals surface area contributed by atoms with Crippen LogP contribution < -0.4 is 14.7 Å². The van der Waals surface area contributed by atoms with E-state index >= 15 is 0 Å². The molecule has 0 saturated carbocycles. The van der Waals surface area contributed by atoms with E-state index in [4.69, 9.17) is 9.57 Å². The van der Waals surface area contributed by atoms with Crippen LogP contribution in [0.25, 0.3) is 10.4 Å². The zero-order valence-corrected chi connectivity index (χ0v) is 22.3. The summed E-state index contributed by atoms with van der Waals surface area (Å²) in [6.07, 6.45) is -0.0990. The van der Waals surface area contributed by atoms with E-state index in [1.807, 2.05) is 49.4 Å². The second kappa shape index (κ2) is 10.6. The number of hydrogen-bond acceptors (Lipinski definition) is 8. The Balaban J connectivity index is 1.34. The fourth-order valence-corrected chi connectivity index (χ4v) is 6.23. The van der Waals surface area contributed by atoms with E-state index in [1.54, 1.807) is 41.5 Å². The topological polar surface area (TPSA) is 102 Å². The summed E-state index contributed by atoms with van der Waals surface area (Å²) in [5.41, 5.74) is 2.05. The highest BCUT2D eigenvalue weighted by atomic mass is 32.1. The molecule has 0 N–H and O–H groups in total. The van der Waals surface area contributed by atoms with Gasteiger partial charge in [0.05, 0.1) is 22.9 Å². The number of hydrogen-bond donors (Lipinski definition) is 0. The average molecular weight is 556 g/mol. The Labute approximate surface area is 234 Å². The number of rotatable bonds is 8. The van der Waals surface area contributed by atoms with Crippen molar-refractivity contribution in [2.75, 3.05) is 16.6 Å². The van der Waals surface area contributed by atoms with Crippen LogP contribution in [0.4, 0.5) is 17.1 Å². The molecule has 3 aromatic carbocycles. The highest BCUT2D eigenvalue weighted by molar-refractivity contribution is 7.15. The van der Waals surface area contributed by atoms with Gasteiger partial charge in [-0.1, -0.05) is 25.1 Å². The van der Waals surface area contributed by atoms with Gasteiger partial charge in [0.2, 0.25) is 5.91 Å². The van der Waals surface area contributed by atoms with Crippen molar-refractivity contribution in [3.8, 4) is 16.2 Å². The first kappa shape index (κ1) is 25.7. The molecule has 1 aromatic heterocycles. The van der Waals surface area contributed by atoms with Crippen molar-refractivity contribution in [2.45, 2.75) is 25.5 Å². The molecule has 3 heterocycles. The summed E-state index contributed by atoms with van der Waals surface area (Å²) in [6, 6.07) is 26.0. The standard InChI is InChI=1S/C30H25N3O6S/c1-2-18-38-23-14-12-20(13-15-23)31-29(34)26-27(32(39-28(26)30(31)35)21-6-4-3-5-7-21)25-17-16-24(40-25)19-8-10-22(11-9-19)33(36)37/h3-17,26-28H,2,18H2,1H3/t26-,27-,28+/m1/s1. The Hall–Kier alpha value is -4.54. The Bertz CT molecular complexity index is 1550. The first-order valence-corrected chi connectivity index (χ1v) is 13.7. The van der Waals surface area contributed by atoms with Crippen LogP contribution in [0.5, 0.6) is 5.75 Å². The summed E-state index contributed by atoms with van der Waals surface area (Å²) in [4.78, 5) is 47.3. The van der Waals surface area contributed by atoms with E-state index in [-0.39, 0.29) is 11.6 Å². The van der Waals surface area contributed by atoms with E-state index in [2.05, 4.69) is 0 Å². The van der Waals surface area contributed by atoms with Gasteiger partial charge in [0.15, 0.2) is 6.10 Å². The van der Waals surface area contributed by atoms with Crippen molar-refractivity contribution in [3.05, 3.63) is 106 Å². The molecule has 3 atom stereocenters. The van der Waals surface area contributed by atoms with Crippen LogP contribution in [0.15, 0.2) is 91.0 Å². The number of benzene rings is 3. The lowest BCUT2D eigenvalue weighted by Gasteiger charge is -2.27. The van der Waals surface area contributed by atoms with Gasteiger partial charge in [0.25, 0.3) is 11.6 Å². The van der Waals surface area contributed by atoms with Crippen molar-refractivity contribution in [2.24, 2.45) is 5.92 Å². The van der Waals surface area contributed by atoms with Gasteiger partial charge < -0.3 is 4.74 Å². The summed E-state index contributed by atoms with van der Waals surface area (Å²) >= 11 is 1.46. The first-order chi connectivity index (χ1) is 19.5. The Morgan fingerprint density at radius 1 is 0.900 bits per heavy atom. The summed E-state index contributed by atoms with van der Waals surface area (Å²) in [5.74, 6) is -0.822. The van der Waals surface area contributed by atoms with Gasteiger partial charge in [0, 0.05) is 21.9 Å². The third-order valence-electron chi connectivity index (χ3n) is 6.97. The van der Waals surface area contributed by atoms with Gasteiger partial charge in [-0.15, -0.1) is 11.3 Å².